The van der Waals surface area contributed by atoms with Gasteiger partial charge in [0.15, 0.2) is 0 Å². The lowest BCUT2D eigenvalue weighted by molar-refractivity contribution is -0.143. The van der Waals surface area contributed by atoms with Crippen LogP contribution in [-0.4, -0.2) is 41.6 Å². The van der Waals surface area contributed by atoms with Gasteiger partial charge in [0.2, 0.25) is 0 Å². The molecule has 1 fully saturated rings. The van der Waals surface area contributed by atoms with E-state index in [9.17, 15) is 14.7 Å². The number of carbonyl (C=O) groups is 2. The van der Waals surface area contributed by atoms with Gasteiger partial charge in [-0.1, -0.05) is 6.07 Å². The van der Waals surface area contributed by atoms with Crippen molar-refractivity contribution in [3.63, 3.8) is 0 Å². The molecule has 0 saturated carbocycles. The Balaban J connectivity index is 2.23. The van der Waals surface area contributed by atoms with Crippen molar-refractivity contribution in [2.45, 2.75) is 25.3 Å². The summed E-state index contributed by atoms with van der Waals surface area (Å²) in [6, 6.07) is 6.08. The molecule has 5 heteroatoms. The summed E-state index contributed by atoms with van der Waals surface area (Å²) < 4.78 is 5.08. The van der Waals surface area contributed by atoms with Crippen LogP contribution >= 0.6 is 0 Å². The van der Waals surface area contributed by atoms with Crippen LogP contribution in [0, 0.1) is 0 Å². The number of aliphatic carboxylic acids is 1. The number of likely N-dealkylation sites (tertiary alicyclic amines) is 1. The van der Waals surface area contributed by atoms with E-state index in [2.05, 4.69) is 0 Å². The molecule has 102 valence electrons. The number of methoxy groups -OCH3 is 1. The third-order valence-corrected chi connectivity index (χ3v) is 3.37. The Morgan fingerprint density at radius 1 is 1.37 bits per heavy atom. The van der Waals surface area contributed by atoms with Crippen molar-refractivity contribution in [3.05, 3.63) is 29.8 Å². The highest BCUT2D eigenvalue weighted by Gasteiger charge is 2.32. The van der Waals surface area contributed by atoms with Crippen LogP contribution in [0.15, 0.2) is 24.3 Å². The minimum atomic E-state index is -0.934. The maximum Gasteiger partial charge on any atom is 0.326 e. The quantitative estimate of drug-likeness (QED) is 0.902. The Morgan fingerprint density at radius 3 is 2.84 bits per heavy atom. The van der Waals surface area contributed by atoms with Crippen molar-refractivity contribution in [2.24, 2.45) is 0 Å². The highest BCUT2D eigenvalue weighted by atomic mass is 16.5. The van der Waals surface area contributed by atoms with Crippen LogP contribution < -0.4 is 4.74 Å². The molecule has 1 N–H and O–H groups in total. The summed E-state index contributed by atoms with van der Waals surface area (Å²) in [5, 5.41) is 9.19. The summed E-state index contributed by atoms with van der Waals surface area (Å²) in [7, 11) is 1.53. The topological polar surface area (TPSA) is 66.8 Å². The standard InChI is InChI=1S/C14H17NO4/c1-19-11-6-4-5-10(9-11)13(16)15-8-3-2-7-12(15)14(17)18/h4-6,9,12H,2-3,7-8H2,1H3,(H,17,18)/t12-/m0/s1. The smallest absolute Gasteiger partial charge is 0.326 e. The fourth-order valence-corrected chi connectivity index (χ4v) is 2.35. The number of carboxylic acid groups (broad SMARTS) is 1. The number of ether oxygens (including phenoxy) is 1. The molecule has 0 unspecified atom stereocenters. The molecule has 1 aliphatic heterocycles. The van der Waals surface area contributed by atoms with Gasteiger partial charge in [0.1, 0.15) is 11.8 Å². The number of benzene rings is 1. The first kappa shape index (κ1) is 13.4. The van der Waals surface area contributed by atoms with E-state index in [1.54, 1.807) is 24.3 Å². The van der Waals surface area contributed by atoms with Gasteiger partial charge in [-0.05, 0) is 37.5 Å². The molecule has 0 aromatic heterocycles. The molecule has 1 aliphatic rings. The average molecular weight is 263 g/mol. The second-order valence-corrected chi connectivity index (χ2v) is 4.58. The largest absolute Gasteiger partial charge is 0.497 e. The van der Waals surface area contributed by atoms with Gasteiger partial charge in [-0.15, -0.1) is 0 Å². The second-order valence-electron chi connectivity index (χ2n) is 4.58. The Morgan fingerprint density at radius 2 is 2.16 bits per heavy atom. The first-order valence-electron chi connectivity index (χ1n) is 6.31. The zero-order valence-corrected chi connectivity index (χ0v) is 10.8. The first-order chi connectivity index (χ1) is 9.13. The summed E-state index contributed by atoms with van der Waals surface area (Å²) in [4.78, 5) is 25.0. The molecule has 1 aromatic rings. The van der Waals surface area contributed by atoms with Gasteiger partial charge in [-0.25, -0.2) is 4.79 Å². The predicted octanol–water partition coefficient (Wildman–Crippen LogP) is 1.77. The second kappa shape index (κ2) is 5.73. The summed E-state index contributed by atoms with van der Waals surface area (Å²) >= 11 is 0. The number of carbonyl (C=O) groups excluding carboxylic acids is 1. The molecule has 19 heavy (non-hydrogen) atoms. The zero-order valence-electron chi connectivity index (χ0n) is 10.8. The summed E-state index contributed by atoms with van der Waals surface area (Å²) in [5.41, 5.74) is 0.465. The predicted molar refractivity (Wildman–Crippen MR) is 69.3 cm³/mol. The number of hydrogen-bond acceptors (Lipinski definition) is 3. The van der Waals surface area contributed by atoms with Crippen LogP contribution in [-0.2, 0) is 4.79 Å². The summed E-state index contributed by atoms with van der Waals surface area (Å²) in [6.07, 6.45) is 2.21. The minimum Gasteiger partial charge on any atom is -0.497 e. The number of rotatable bonds is 3. The molecular weight excluding hydrogens is 246 g/mol. The molecule has 0 aliphatic carbocycles. The van der Waals surface area contributed by atoms with Crippen molar-refractivity contribution >= 4 is 11.9 Å². The van der Waals surface area contributed by atoms with Gasteiger partial charge in [0.25, 0.3) is 5.91 Å². The van der Waals surface area contributed by atoms with Crippen LogP contribution in [0.4, 0.5) is 0 Å². The molecule has 0 spiro atoms. The zero-order chi connectivity index (χ0) is 13.8. The molecule has 1 amide bonds. The van der Waals surface area contributed by atoms with E-state index >= 15 is 0 Å². The van der Waals surface area contributed by atoms with E-state index in [1.165, 1.54) is 12.0 Å². The lowest BCUT2D eigenvalue weighted by atomic mass is 10.0. The normalized spacial score (nSPS) is 19.0. The lowest BCUT2D eigenvalue weighted by Crippen LogP contribution is -2.47. The van der Waals surface area contributed by atoms with E-state index < -0.39 is 12.0 Å². The van der Waals surface area contributed by atoms with Crippen LogP contribution in [0.5, 0.6) is 5.75 Å². The Bertz CT molecular complexity index is 486. The summed E-state index contributed by atoms with van der Waals surface area (Å²) in [5.74, 6) is -0.586. The van der Waals surface area contributed by atoms with E-state index in [0.717, 1.165) is 12.8 Å². The molecule has 0 bridgehead atoms. The van der Waals surface area contributed by atoms with Gasteiger partial charge >= 0.3 is 5.97 Å². The average Bonchev–Trinajstić information content (AvgIpc) is 2.46. The monoisotopic (exact) mass is 263 g/mol. The van der Waals surface area contributed by atoms with Crippen LogP contribution in [0.3, 0.4) is 0 Å². The van der Waals surface area contributed by atoms with E-state index in [4.69, 9.17) is 4.74 Å². The van der Waals surface area contributed by atoms with Gasteiger partial charge in [0.05, 0.1) is 7.11 Å². The third-order valence-electron chi connectivity index (χ3n) is 3.37. The summed E-state index contributed by atoms with van der Waals surface area (Å²) in [6.45, 7) is 0.493. The lowest BCUT2D eigenvalue weighted by Gasteiger charge is -2.33. The maximum atomic E-state index is 12.4. The molecule has 5 nitrogen and oxygen atoms in total. The van der Waals surface area contributed by atoms with Crippen LogP contribution in [0.1, 0.15) is 29.6 Å². The number of hydrogen-bond donors (Lipinski definition) is 1. The van der Waals surface area contributed by atoms with E-state index in [0.29, 0.717) is 24.3 Å². The van der Waals surface area contributed by atoms with Crippen LogP contribution in [0.25, 0.3) is 0 Å². The minimum absolute atomic E-state index is 0.244. The number of carboxylic acids is 1. The molecule has 1 heterocycles. The van der Waals surface area contributed by atoms with E-state index in [-0.39, 0.29) is 5.91 Å². The molecule has 2 rings (SSSR count). The van der Waals surface area contributed by atoms with Crippen molar-refractivity contribution < 1.29 is 19.4 Å². The first-order valence-corrected chi connectivity index (χ1v) is 6.31. The van der Waals surface area contributed by atoms with Crippen molar-refractivity contribution in [1.29, 1.82) is 0 Å². The highest BCUT2D eigenvalue weighted by molar-refractivity contribution is 5.97. The van der Waals surface area contributed by atoms with Crippen molar-refractivity contribution in [1.82, 2.24) is 4.90 Å². The highest BCUT2D eigenvalue weighted by Crippen LogP contribution is 2.21. The van der Waals surface area contributed by atoms with E-state index in [1.807, 2.05) is 0 Å². The van der Waals surface area contributed by atoms with Gasteiger partial charge in [-0.3, -0.25) is 4.79 Å². The van der Waals surface area contributed by atoms with Crippen LogP contribution in [0.2, 0.25) is 0 Å². The molecular formula is C14H17NO4. The third kappa shape index (κ3) is 2.86. The Hall–Kier alpha value is -2.04. The molecule has 1 atom stereocenters. The Kier molecular flexibility index (Phi) is 4.04. The fraction of sp³-hybridized carbons (Fsp3) is 0.429. The SMILES string of the molecule is COc1cccc(C(=O)N2CCCC[C@H]2C(=O)O)c1. The van der Waals surface area contributed by atoms with Crippen molar-refractivity contribution in [3.8, 4) is 5.75 Å². The van der Waals surface area contributed by atoms with Gasteiger partial charge < -0.3 is 14.7 Å². The van der Waals surface area contributed by atoms with Gasteiger partial charge in [-0.2, -0.15) is 0 Å². The molecule has 1 aromatic carbocycles. The fourth-order valence-electron chi connectivity index (χ4n) is 2.35. The molecule has 0 radical (unpaired) electrons. The van der Waals surface area contributed by atoms with Crippen molar-refractivity contribution in [2.75, 3.05) is 13.7 Å². The van der Waals surface area contributed by atoms with Gasteiger partial charge in [0, 0.05) is 12.1 Å². The molecule has 1 saturated heterocycles. The number of amides is 1. The number of piperidine rings is 1. The maximum absolute atomic E-state index is 12.4. The number of nitrogens with zero attached hydrogens (tertiary/aromatic N) is 1. The Labute approximate surface area is 111 Å².